The molecule has 0 aromatic heterocycles. The second kappa shape index (κ2) is 6.77. The van der Waals surface area contributed by atoms with Crippen molar-refractivity contribution in [3.8, 4) is 11.8 Å². The van der Waals surface area contributed by atoms with Gasteiger partial charge in [0.25, 0.3) is 11.7 Å². The predicted octanol–water partition coefficient (Wildman–Crippen LogP) is 0.877. The Morgan fingerprint density at radius 2 is 1.80 bits per heavy atom. The smallest absolute Gasteiger partial charge is 0.293 e. The van der Waals surface area contributed by atoms with Crippen LogP contribution in [0.1, 0.15) is 11.1 Å². The first-order valence-corrected chi connectivity index (χ1v) is 8.68. The summed E-state index contributed by atoms with van der Waals surface area (Å²) in [6.07, 6.45) is 0. The summed E-state index contributed by atoms with van der Waals surface area (Å²) in [6.45, 7) is 7.22. The third-order valence-corrected chi connectivity index (χ3v) is 4.85. The number of morpholine rings is 1. The number of fused-ring (bicyclic) bond motifs is 2. The number of amides is 1. The van der Waals surface area contributed by atoms with Gasteiger partial charge in [-0.25, -0.2) is 0 Å². The Balaban J connectivity index is 1.53. The van der Waals surface area contributed by atoms with Crippen LogP contribution in [-0.2, 0) is 24.8 Å². The minimum atomic E-state index is -1.27. The van der Waals surface area contributed by atoms with E-state index in [-0.39, 0.29) is 5.91 Å². The van der Waals surface area contributed by atoms with Gasteiger partial charge in [-0.15, -0.1) is 0 Å². The summed E-state index contributed by atoms with van der Waals surface area (Å²) >= 11 is 0. The van der Waals surface area contributed by atoms with Crippen molar-refractivity contribution < 1.29 is 19.0 Å². The molecule has 4 rings (SSSR count). The summed E-state index contributed by atoms with van der Waals surface area (Å²) in [7, 11) is 0. The molecule has 0 radical (unpaired) electrons. The number of benzene rings is 1. The van der Waals surface area contributed by atoms with E-state index in [1.54, 1.807) is 4.90 Å². The molecule has 132 valence electrons. The molecule has 0 saturated carbocycles. The maximum absolute atomic E-state index is 13.0. The van der Waals surface area contributed by atoms with Gasteiger partial charge in [0.1, 0.15) is 0 Å². The number of para-hydroxylation sites is 1. The molecule has 1 aromatic rings. The molecule has 2 saturated heterocycles. The Morgan fingerprint density at radius 3 is 2.56 bits per heavy atom. The van der Waals surface area contributed by atoms with Crippen LogP contribution >= 0.6 is 0 Å². The standard InChI is InChI=1S/C19H22N2O4/c1-15-5-4-6-16-17(15)21(18(22)19(16)24-13-14-25-19)8-3-2-7-20-9-11-23-12-10-20/h4-6H,7-14H2,1H3. The molecule has 3 aliphatic rings. The van der Waals surface area contributed by atoms with Crippen LogP contribution in [0.3, 0.4) is 0 Å². The first-order valence-electron chi connectivity index (χ1n) is 8.68. The molecule has 1 aromatic carbocycles. The molecular weight excluding hydrogens is 320 g/mol. The van der Waals surface area contributed by atoms with Gasteiger partial charge in [-0.05, 0) is 12.5 Å². The van der Waals surface area contributed by atoms with E-state index in [2.05, 4.69) is 16.7 Å². The highest BCUT2D eigenvalue weighted by molar-refractivity contribution is 6.07. The van der Waals surface area contributed by atoms with Crippen molar-refractivity contribution in [2.24, 2.45) is 0 Å². The van der Waals surface area contributed by atoms with Gasteiger partial charge in [0.15, 0.2) is 0 Å². The van der Waals surface area contributed by atoms with Crippen molar-refractivity contribution in [1.82, 2.24) is 4.90 Å². The molecular formula is C19H22N2O4. The van der Waals surface area contributed by atoms with Crippen LogP contribution in [0.2, 0.25) is 0 Å². The number of hydrogen-bond donors (Lipinski definition) is 0. The van der Waals surface area contributed by atoms with Crippen molar-refractivity contribution in [3.63, 3.8) is 0 Å². The van der Waals surface area contributed by atoms with Crippen molar-refractivity contribution in [1.29, 1.82) is 0 Å². The fourth-order valence-electron chi connectivity index (χ4n) is 3.58. The van der Waals surface area contributed by atoms with Crippen LogP contribution in [0, 0.1) is 18.8 Å². The Bertz CT molecular complexity index is 725. The number of carbonyl (C=O) groups excluding carboxylic acids is 1. The van der Waals surface area contributed by atoms with Gasteiger partial charge in [-0.3, -0.25) is 14.6 Å². The highest BCUT2D eigenvalue weighted by Crippen LogP contribution is 2.46. The molecule has 2 fully saturated rings. The molecule has 0 unspecified atom stereocenters. The third kappa shape index (κ3) is 2.83. The van der Waals surface area contributed by atoms with Crippen molar-refractivity contribution in [2.45, 2.75) is 12.7 Å². The summed E-state index contributed by atoms with van der Waals surface area (Å²) in [5, 5.41) is 0. The SMILES string of the molecule is Cc1cccc2c1N(CC#CCN1CCOCC1)C(=O)C21OCCO1. The highest BCUT2D eigenvalue weighted by atomic mass is 16.7. The Hall–Kier alpha value is -1.91. The topological polar surface area (TPSA) is 51.2 Å². The maximum atomic E-state index is 13.0. The Labute approximate surface area is 147 Å². The Kier molecular flexibility index (Phi) is 4.48. The quantitative estimate of drug-likeness (QED) is 0.747. The molecule has 0 N–H and O–H groups in total. The molecule has 1 amide bonds. The fourth-order valence-corrected chi connectivity index (χ4v) is 3.58. The van der Waals surface area contributed by atoms with E-state index in [0.29, 0.717) is 26.3 Å². The molecule has 1 spiro atoms. The minimum Gasteiger partial charge on any atom is -0.379 e. The van der Waals surface area contributed by atoms with E-state index in [1.165, 1.54) is 0 Å². The van der Waals surface area contributed by atoms with E-state index in [9.17, 15) is 4.79 Å². The van der Waals surface area contributed by atoms with E-state index in [1.807, 2.05) is 25.1 Å². The van der Waals surface area contributed by atoms with Crippen molar-refractivity contribution >= 4 is 11.6 Å². The lowest BCUT2D eigenvalue weighted by atomic mass is 10.0. The molecule has 6 heteroatoms. The first kappa shape index (κ1) is 16.6. The first-order chi connectivity index (χ1) is 12.2. The number of hydrogen-bond acceptors (Lipinski definition) is 5. The van der Waals surface area contributed by atoms with E-state index in [4.69, 9.17) is 14.2 Å². The van der Waals surface area contributed by atoms with Gasteiger partial charge in [-0.1, -0.05) is 30.0 Å². The largest absolute Gasteiger partial charge is 0.379 e. The molecule has 3 heterocycles. The van der Waals surface area contributed by atoms with Crippen molar-refractivity contribution in [2.75, 3.05) is 57.5 Å². The molecule has 0 bridgehead atoms. The zero-order chi connectivity index (χ0) is 17.3. The molecule has 6 nitrogen and oxygen atoms in total. The number of carbonyl (C=O) groups is 1. The lowest BCUT2D eigenvalue weighted by Gasteiger charge is -2.24. The van der Waals surface area contributed by atoms with Crippen LogP contribution < -0.4 is 4.90 Å². The van der Waals surface area contributed by atoms with Gasteiger partial charge in [0.05, 0.1) is 45.2 Å². The van der Waals surface area contributed by atoms with Gasteiger partial charge < -0.3 is 14.2 Å². The summed E-state index contributed by atoms with van der Waals surface area (Å²) in [5.41, 5.74) is 2.69. The summed E-state index contributed by atoms with van der Waals surface area (Å²) in [6, 6.07) is 5.84. The molecule has 25 heavy (non-hydrogen) atoms. The second-order valence-electron chi connectivity index (χ2n) is 6.42. The van der Waals surface area contributed by atoms with Crippen LogP contribution in [0.15, 0.2) is 18.2 Å². The van der Waals surface area contributed by atoms with Gasteiger partial charge in [0.2, 0.25) is 0 Å². The maximum Gasteiger partial charge on any atom is 0.293 e. The number of anilines is 1. The minimum absolute atomic E-state index is 0.171. The zero-order valence-corrected chi connectivity index (χ0v) is 14.4. The monoisotopic (exact) mass is 342 g/mol. The molecule has 0 atom stereocenters. The zero-order valence-electron chi connectivity index (χ0n) is 14.4. The van der Waals surface area contributed by atoms with E-state index >= 15 is 0 Å². The Morgan fingerprint density at radius 1 is 1.08 bits per heavy atom. The predicted molar refractivity (Wildman–Crippen MR) is 92.1 cm³/mol. The fraction of sp³-hybridized carbons (Fsp3) is 0.526. The number of rotatable bonds is 2. The third-order valence-electron chi connectivity index (χ3n) is 4.85. The number of ether oxygens (including phenoxy) is 3. The molecule has 3 aliphatic heterocycles. The van der Waals surface area contributed by atoms with Gasteiger partial charge in [-0.2, -0.15) is 0 Å². The van der Waals surface area contributed by atoms with Crippen LogP contribution in [0.25, 0.3) is 0 Å². The summed E-state index contributed by atoms with van der Waals surface area (Å²) in [4.78, 5) is 17.0. The van der Waals surface area contributed by atoms with Crippen LogP contribution in [-0.4, -0.2) is 63.4 Å². The van der Waals surface area contributed by atoms with Crippen LogP contribution in [0.5, 0.6) is 0 Å². The second-order valence-corrected chi connectivity index (χ2v) is 6.42. The van der Waals surface area contributed by atoms with E-state index < -0.39 is 5.79 Å². The normalized spacial score (nSPS) is 22.1. The molecule has 0 aliphatic carbocycles. The summed E-state index contributed by atoms with van der Waals surface area (Å²) in [5.74, 6) is 4.88. The van der Waals surface area contributed by atoms with E-state index in [0.717, 1.165) is 43.1 Å². The highest BCUT2D eigenvalue weighted by Gasteiger charge is 2.56. The lowest BCUT2D eigenvalue weighted by molar-refractivity contribution is -0.180. The lowest BCUT2D eigenvalue weighted by Crippen LogP contribution is -2.41. The number of aryl methyl sites for hydroxylation is 1. The average molecular weight is 342 g/mol. The van der Waals surface area contributed by atoms with Crippen LogP contribution in [0.4, 0.5) is 5.69 Å². The van der Waals surface area contributed by atoms with Gasteiger partial charge >= 0.3 is 0 Å². The van der Waals surface area contributed by atoms with Gasteiger partial charge in [0, 0.05) is 18.7 Å². The number of nitrogens with zero attached hydrogens (tertiary/aromatic N) is 2. The summed E-state index contributed by atoms with van der Waals surface area (Å²) < 4.78 is 16.8. The van der Waals surface area contributed by atoms with Crippen molar-refractivity contribution in [3.05, 3.63) is 29.3 Å². The average Bonchev–Trinajstić information content (AvgIpc) is 3.21.